The number of hydrogen-bond donors (Lipinski definition) is 2. The van der Waals surface area contributed by atoms with E-state index in [4.69, 9.17) is 0 Å². The third kappa shape index (κ3) is 5.88. The van der Waals surface area contributed by atoms with Crippen LogP contribution in [0.15, 0.2) is 54.6 Å². The lowest BCUT2D eigenvalue weighted by Gasteiger charge is -2.20. The van der Waals surface area contributed by atoms with E-state index in [2.05, 4.69) is 10.6 Å². The van der Waals surface area contributed by atoms with Crippen molar-refractivity contribution in [3.8, 4) is 0 Å². The predicted molar refractivity (Wildman–Crippen MR) is 111 cm³/mol. The molecule has 162 valence electrons. The summed E-state index contributed by atoms with van der Waals surface area (Å²) >= 11 is 0. The van der Waals surface area contributed by atoms with Crippen LogP contribution in [0.25, 0.3) is 0 Å². The number of aryl methyl sites for hydroxylation is 1. The van der Waals surface area contributed by atoms with Crippen molar-refractivity contribution >= 4 is 29.4 Å². The number of halogens is 1. The van der Waals surface area contributed by atoms with Crippen molar-refractivity contribution in [3.05, 3.63) is 66.0 Å². The number of urea groups is 1. The molecule has 0 bridgehead atoms. The van der Waals surface area contributed by atoms with Crippen molar-refractivity contribution in [1.82, 2.24) is 15.1 Å². The topological polar surface area (TPSA) is 98.8 Å². The second-order valence-electron chi connectivity index (χ2n) is 7.26. The first-order valence-corrected chi connectivity index (χ1v) is 9.78. The zero-order valence-corrected chi connectivity index (χ0v) is 17.0. The van der Waals surface area contributed by atoms with Gasteiger partial charge >= 0.3 is 6.03 Å². The first-order valence-electron chi connectivity index (χ1n) is 9.78. The molecule has 0 aliphatic carbocycles. The average Bonchev–Trinajstić information content (AvgIpc) is 3.02. The smallest absolute Gasteiger partial charge is 0.325 e. The minimum absolute atomic E-state index is 0.280. The monoisotopic (exact) mass is 426 g/mol. The minimum Gasteiger partial charge on any atom is -0.335 e. The second kappa shape index (κ2) is 9.84. The molecule has 1 aliphatic heterocycles. The Morgan fingerprint density at radius 3 is 2.45 bits per heavy atom. The van der Waals surface area contributed by atoms with Gasteiger partial charge in [0.25, 0.3) is 5.91 Å². The lowest BCUT2D eigenvalue weighted by Crippen LogP contribution is -2.44. The number of nitrogens with zero attached hydrogens (tertiary/aromatic N) is 2. The second-order valence-corrected chi connectivity index (χ2v) is 7.26. The molecule has 0 aromatic heterocycles. The van der Waals surface area contributed by atoms with Crippen LogP contribution < -0.4 is 10.6 Å². The van der Waals surface area contributed by atoms with Crippen molar-refractivity contribution in [2.45, 2.75) is 18.9 Å². The number of carbonyl (C=O) groups excluding carboxylic acids is 4. The highest BCUT2D eigenvalue weighted by Gasteiger charge is 2.39. The summed E-state index contributed by atoms with van der Waals surface area (Å²) in [4.78, 5) is 51.2. The summed E-state index contributed by atoms with van der Waals surface area (Å²) in [6.07, 6.45) is 1.04. The fraction of sp³-hybridized carbons (Fsp3) is 0.273. The number of imide groups is 1. The van der Waals surface area contributed by atoms with E-state index in [1.807, 2.05) is 30.3 Å². The van der Waals surface area contributed by atoms with Crippen LogP contribution in [0, 0.1) is 5.82 Å². The van der Waals surface area contributed by atoms with Gasteiger partial charge in [-0.3, -0.25) is 19.3 Å². The molecule has 8 nitrogen and oxygen atoms in total. The van der Waals surface area contributed by atoms with E-state index in [1.54, 1.807) is 0 Å². The predicted octanol–water partition coefficient (Wildman–Crippen LogP) is 1.78. The van der Waals surface area contributed by atoms with E-state index < -0.39 is 42.2 Å². The third-order valence-corrected chi connectivity index (χ3v) is 4.90. The van der Waals surface area contributed by atoms with E-state index in [1.165, 1.54) is 31.3 Å². The molecule has 31 heavy (non-hydrogen) atoms. The van der Waals surface area contributed by atoms with Crippen LogP contribution in [-0.2, 0) is 20.8 Å². The average molecular weight is 426 g/mol. The maximum atomic E-state index is 12.9. The quantitative estimate of drug-likeness (QED) is 0.629. The zero-order valence-electron chi connectivity index (χ0n) is 17.0. The Kier molecular flexibility index (Phi) is 6.96. The number of nitrogens with one attached hydrogen (secondary N) is 2. The van der Waals surface area contributed by atoms with Crippen LogP contribution in [0.5, 0.6) is 0 Å². The fourth-order valence-electron chi connectivity index (χ4n) is 3.17. The van der Waals surface area contributed by atoms with Gasteiger partial charge in [-0.2, -0.15) is 0 Å². The first kappa shape index (κ1) is 21.9. The van der Waals surface area contributed by atoms with E-state index in [9.17, 15) is 23.6 Å². The number of rotatable bonds is 8. The van der Waals surface area contributed by atoms with Gasteiger partial charge in [-0.1, -0.05) is 30.3 Å². The molecule has 2 aromatic rings. The number of amides is 5. The van der Waals surface area contributed by atoms with Gasteiger partial charge in [-0.25, -0.2) is 9.18 Å². The first-order chi connectivity index (χ1) is 14.8. The fourth-order valence-corrected chi connectivity index (χ4v) is 3.17. The van der Waals surface area contributed by atoms with Crippen molar-refractivity contribution in [2.75, 3.05) is 25.5 Å². The zero-order chi connectivity index (χ0) is 22.4. The highest BCUT2D eigenvalue weighted by atomic mass is 19.1. The van der Waals surface area contributed by atoms with E-state index in [0.717, 1.165) is 15.4 Å². The molecule has 1 heterocycles. The highest BCUT2D eigenvalue weighted by Crippen LogP contribution is 2.13. The van der Waals surface area contributed by atoms with Gasteiger partial charge in [0.05, 0.1) is 6.54 Å². The standard InChI is InChI=1S/C22H23FN4O4/c1-26(13-19(28)24-17-10-8-16(23)9-11-17)20(29)14-27-21(30)18(25-22(27)31)12-7-15-5-3-2-4-6-15/h2-6,8-11,18H,7,12-14H2,1H3,(H,24,28)(H,25,31)/t18-/m0/s1. The summed E-state index contributed by atoms with van der Waals surface area (Å²) in [6, 6.07) is 13.5. The maximum Gasteiger partial charge on any atom is 0.325 e. The number of benzene rings is 2. The molecule has 2 N–H and O–H groups in total. The molecule has 0 radical (unpaired) electrons. The molecule has 0 unspecified atom stereocenters. The number of anilines is 1. The van der Waals surface area contributed by atoms with Crippen molar-refractivity contribution in [2.24, 2.45) is 0 Å². The number of carbonyl (C=O) groups is 4. The largest absolute Gasteiger partial charge is 0.335 e. The summed E-state index contributed by atoms with van der Waals surface area (Å²) in [6.45, 7) is -0.732. The van der Waals surface area contributed by atoms with Crippen LogP contribution >= 0.6 is 0 Å². The molecule has 5 amide bonds. The van der Waals surface area contributed by atoms with Crippen LogP contribution in [0.4, 0.5) is 14.9 Å². The Morgan fingerprint density at radius 1 is 1.10 bits per heavy atom. The van der Waals surface area contributed by atoms with E-state index >= 15 is 0 Å². The molecule has 0 saturated carbocycles. The molecule has 2 aromatic carbocycles. The van der Waals surface area contributed by atoms with Crippen molar-refractivity contribution in [1.29, 1.82) is 0 Å². The Morgan fingerprint density at radius 2 is 1.77 bits per heavy atom. The summed E-state index contributed by atoms with van der Waals surface area (Å²) in [5.41, 5.74) is 1.44. The molecule has 1 fully saturated rings. The Hall–Kier alpha value is -3.75. The van der Waals surface area contributed by atoms with Crippen molar-refractivity contribution in [3.63, 3.8) is 0 Å². The molecular weight excluding hydrogens is 403 g/mol. The summed E-state index contributed by atoms with van der Waals surface area (Å²) in [5, 5.41) is 5.15. The van der Waals surface area contributed by atoms with Gasteiger partial charge in [-0.15, -0.1) is 0 Å². The van der Waals surface area contributed by atoms with Gasteiger partial charge in [-0.05, 0) is 42.7 Å². The minimum atomic E-state index is -0.687. The highest BCUT2D eigenvalue weighted by molar-refractivity contribution is 6.06. The Balaban J connectivity index is 1.49. The van der Waals surface area contributed by atoms with Crippen LogP contribution in [0.1, 0.15) is 12.0 Å². The molecule has 0 spiro atoms. The molecule has 3 rings (SSSR count). The normalized spacial score (nSPS) is 15.5. The molecule has 1 saturated heterocycles. The van der Waals surface area contributed by atoms with Crippen molar-refractivity contribution < 1.29 is 23.6 Å². The van der Waals surface area contributed by atoms with Gasteiger partial charge in [0, 0.05) is 12.7 Å². The summed E-state index contributed by atoms with van der Waals surface area (Å²) in [7, 11) is 1.40. The molecular formula is C22H23FN4O4. The Labute approximate surface area is 179 Å². The lowest BCUT2D eigenvalue weighted by atomic mass is 10.1. The lowest BCUT2D eigenvalue weighted by molar-refractivity contribution is -0.137. The van der Waals surface area contributed by atoms with Gasteiger partial charge in [0.15, 0.2) is 0 Å². The number of hydrogen-bond acceptors (Lipinski definition) is 4. The molecule has 1 atom stereocenters. The Bertz CT molecular complexity index is 965. The molecule has 9 heteroatoms. The van der Waals surface area contributed by atoms with E-state index in [0.29, 0.717) is 18.5 Å². The van der Waals surface area contributed by atoms with Gasteiger partial charge in [0.1, 0.15) is 18.4 Å². The SMILES string of the molecule is CN(CC(=O)Nc1ccc(F)cc1)C(=O)CN1C(=O)N[C@@H](CCc2ccccc2)C1=O. The maximum absolute atomic E-state index is 12.9. The van der Waals surface area contributed by atoms with Gasteiger partial charge in [0.2, 0.25) is 11.8 Å². The molecule has 1 aliphatic rings. The summed E-state index contributed by atoms with van der Waals surface area (Å²) < 4.78 is 12.9. The number of likely N-dealkylation sites (N-methyl/N-ethyl adjacent to an activating group) is 1. The van der Waals surface area contributed by atoms with Crippen LogP contribution in [-0.4, -0.2) is 59.7 Å². The van der Waals surface area contributed by atoms with E-state index in [-0.39, 0.29) is 6.54 Å². The summed E-state index contributed by atoms with van der Waals surface area (Å²) in [5.74, 6) is -1.93. The van der Waals surface area contributed by atoms with Crippen LogP contribution in [0.2, 0.25) is 0 Å². The van der Waals surface area contributed by atoms with Crippen LogP contribution in [0.3, 0.4) is 0 Å². The third-order valence-electron chi connectivity index (χ3n) is 4.90. The van der Waals surface area contributed by atoms with Gasteiger partial charge < -0.3 is 15.5 Å².